The summed E-state index contributed by atoms with van der Waals surface area (Å²) in [7, 11) is 0. The third-order valence-electron chi connectivity index (χ3n) is 3.38. The largest absolute Gasteiger partial charge is 0.351 e. The molecule has 0 bridgehead atoms. The van der Waals surface area contributed by atoms with Crippen molar-refractivity contribution in [2.45, 2.75) is 19.8 Å². The second-order valence-electron chi connectivity index (χ2n) is 4.87. The summed E-state index contributed by atoms with van der Waals surface area (Å²) < 4.78 is 27.2. The number of alkyl halides is 1. The molecule has 0 spiro atoms. The summed E-state index contributed by atoms with van der Waals surface area (Å²) in [6, 6.07) is 2.44. The molecule has 0 aliphatic heterocycles. The Bertz CT molecular complexity index is 486. The molecule has 2 rings (SSSR count). The molecule has 1 aliphatic rings. The summed E-state index contributed by atoms with van der Waals surface area (Å²) in [5.41, 5.74) is -0.143. The van der Waals surface area contributed by atoms with Crippen LogP contribution in [0.25, 0.3) is 0 Å². The Balaban J connectivity index is 2.12. The van der Waals surface area contributed by atoms with Crippen LogP contribution < -0.4 is 5.32 Å². The number of hydrogen-bond donors (Lipinski definition) is 1. The third kappa shape index (κ3) is 2.55. The maximum Gasteiger partial charge on any atom is 0.257 e. The molecule has 0 atom stereocenters. The van der Waals surface area contributed by atoms with Gasteiger partial charge in [0.15, 0.2) is 0 Å². The molecular formula is C13H14BrF2NO. The molecule has 1 N–H and O–H groups in total. The number of amides is 1. The van der Waals surface area contributed by atoms with Gasteiger partial charge in [0.1, 0.15) is 17.2 Å². The number of rotatable bonds is 4. The van der Waals surface area contributed by atoms with Gasteiger partial charge in [0, 0.05) is 11.9 Å². The summed E-state index contributed by atoms with van der Waals surface area (Å²) in [6.07, 6.45) is 2.05. The summed E-state index contributed by atoms with van der Waals surface area (Å²) in [5, 5.41) is 3.40. The first-order valence-electron chi connectivity index (χ1n) is 5.78. The monoisotopic (exact) mass is 317 g/mol. The average molecular weight is 318 g/mol. The van der Waals surface area contributed by atoms with Crippen LogP contribution in [0.4, 0.5) is 8.78 Å². The molecule has 1 aromatic rings. The lowest BCUT2D eigenvalue weighted by molar-refractivity contribution is 0.0938. The molecule has 0 heterocycles. The number of hydrogen-bond acceptors (Lipinski definition) is 1. The fourth-order valence-electron chi connectivity index (χ4n) is 1.76. The smallest absolute Gasteiger partial charge is 0.257 e. The SMILES string of the molecule is Cc1ccc(F)c(C(=O)NCC2(CBr)CC2)c1F. The molecule has 0 aromatic heterocycles. The zero-order valence-corrected chi connectivity index (χ0v) is 11.6. The molecule has 98 valence electrons. The van der Waals surface area contributed by atoms with Gasteiger partial charge in [0.25, 0.3) is 5.91 Å². The molecule has 1 saturated carbocycles. The zero-order chi connectivity index (χ0) is 13.3. The Labute approximate surface area is 113 Å². The van der Waals surface area contributed by atoms with E-state index >= 15 is 0 Å². The van der Waals surface area contributed by atoms with E-state index in [2.05, 4.69) is 21.2 Å². The number of halogens is 3. The van der Waals surface area contributed by atoms with E-state index in [0.29, 0.717) is 6.54 Å². The van der Waals surface area contributed by atoms with Crippen molar-refractivity contribution in [3.8, 4) is 0 Å². The van der Waals surface area contributed by atoms with Gasteiger partial charge in [-0.1, -0.05) is 22.0 Å². The van der Waals surface area contributed by atoms with E-state index in [1.807, 2.05) is 0 Å². The van der Waals surface area contributed by atoms with Crippen molar-refractivity contribution in [1.29, 1.82) is 0 Å². The second-order valence-corrected chi connectivity index (χ2v) is 5.43. The summed E-state index contributed by atoms with van der Waals surface area (Å²) in [5.74, 6) is -2.28. The van der Waals surface area contributed by atoms with E-state index in [1.54, 1.807) is 0 Å². The minimum absolute atomic E-state index is 0.0758. The maximum absolute atomic E-state index is 13.7. The highest BCUT2D eigenvalue weighted by molar-refractivity contribution is 9.09. The van der Waals surface area contributed by atoms with Crippen molar-refractivity contribution in [2.75, 3.05) is 11.9 Å². The van der Waals surface area contributed by atoms with E-state index in [1.165, 1.54) is 13.0 Å². The highest BCUT2D eigenvalue weighted by Crippen LogP contribution is 2.46. The molecule has 0 saturated heterocycles. The Morgan fingerprint density at radius 3 is 2.67 bits per heavy atom. The minimum Gasteiger partial charge on any atom is -0.351 e. The van der Waals surface area contributed by atoms with E-state index in [0.717, 1.165) is 24.2 Å². The van der Waals surface area contributed by atoms with Crippen molar-refractivity contribution in [1.82, 2.24) is 5.32 Å². The van der Waals surface area contributed by atoms with Crippen LogP contribution in [0.2, 0.25) is 0 Å². The Kier molecular flexibility index (Phi) is 3.71. The van der Waals surface area contributed by atoms with Gasteiger partial charge in [-0.05, 0) is 36.8 Å². The molecular weight excluding hydrogens is 304 g/mol. The Hall–Kier alpha value is -0.970. The number of aryl methyl sites for hydroxylation is 1. The van der Waals surface area contributed by atoms with Crippen LogP contribution in [0.15, 0.2) is 12.1 Å². The molecule has 18 heavy (non-hydrogen) atoms. The highest BCUT2D eigenvalue weighted by Gasteiger charge is 2.41. The van der Waals surface area contributed by atoms with Crippen LogP contribution in [0, 0.1) is 24.0 Å². The molecule has 2 nitrogen and oxygen atoms in total. The normalized spacial score (nSPS) is 16.4. The zero-order valence-electron chi connectivity index (χ0n) is 10.0. The van der Waals surface area contributed by atoms with Gasteiger partial charge in [-0.25, -0.2) is 8.78 Å². The minimum atomic E-state index is -0.820. The number of nitrogens with one attached hydrogen (secondary N) is 1. The van der Waals surface area contributed by atoms with Gasteiger partial charge in [-0.3, -0.25) is 4.79 Å². The van der Waals surface area contributed by atoms with Crippen molar-refractivity contribution in [2.24, 2.45) is 5.41 Å². The second kappa shape index (κ2) is 4.96. The highest BCUT2D eigenvalue weighted by atomic mass is 79.9. The topological polar surface area (TPSA) is 29.1 Å². The molecule has 0 radical (unpaired) electrons. The van der Waals surface area contributed by atoms with Crippen molar-refractivity contribution in [3.05, 3.63) is 34.9 Å². The van der Waals surface area contributed by atoms with Crippen LogP contribution in [0.5, 0.6) is 0 Å². The fourth-order valence-corrected chi connectivity index (χ4v) is 2.51. The van der Waals surface area contributed by atoms with Crippen LogP contribution in [0.3, 0.4) is 0 Å². The molecule has 0 unspecified atom stereocenters. The first-order valence-corrected chi connectivity index (χ1v) is 6.90. The lowest BCUT2D eigenvalue weighted by atomic mass is 10.1. The van der Waals surface area contributed by atoms with Crippen LogP contribution >= 0.6 is 15.9 Å². The summed E-state index contributed by atoms with van der Waals surface area (Å²) in [4.78, 5) is 11.8. The number of benzene rings is 1. The van der Waals surface area contributed by atoms with E-state index in [9.17, 15) is 13.6 Å². The fraction of sp³-hybridized carbons (Fsp3) is 0.462. The van der Waals surface area contributed by atoms with E-state index in [-0.39, 0.29) is 11.0 Å². The van der Waals surface area contributed by atoms with E-state index < -0.39 is 23.1 Å². The van der Waals surface area contributed by atoms with Gasteiger partial charge in [-0.15, -0.1) is 0 Å². The summed E-state index contributed by atoms with van der Waals surface area (Å²) in [6.45, 7) is 1.95. The quantitative estimate of drug-likeness (QED) is 0.849. The Morgan fingerprint density at radius 2 is 2.11 bits per heavy atom. The van der Waals surface area contributed by atoms with Gasteiger partial charge < -0.3 is 5.32 Å². The van der Waals surface area contributed by atoms with Gasteiger partial charge >= 0.3 is 0 Å². The standard InChI is InChI=1S/C13H14BrF2NO/c1-8-2-3-9(15)10(11(8)16)12(18)17-7-13(6-14)4-5-13/h2-3H,4-7H2,1H3,(H,17,18). The molecule has 5 heteroatoms. The third-order valence-corrected chi connectivity index (χ3v) is 4.57. The first kappa shape index (κ1) is 13.5. The van der Waals surface area contributed by atoms with Gasteiger partial charge in [0.05, 0.1) is 0 Å². The summed E-state index contributed by atoms with van der Waals surface area (Å²) >= 11 is 3.38. The van der Waals surface area contributed by atoms with Gasteiger partial charge in [0.2, 0.25) is 0 Å². The van der Waals surface area contributed by atoms with Gasteiger partial charge in [-0.2, -0.15) is 0 Å². The average Bonchev–Trinajstić information content (AvgIpc) is 3.13. The number of carbonyl (C=O) groups excluding carboxylic acids is 1. The molecule has 1 aliphatic carbocycles. The molecule has 1 amide bonds. The lowest BCUT2D eigenvalue weighted by Crippen LogP contribution is -2.32. The predicted octanol–water partition coefficient (Wildman–Crippen LogP) is 3.18. The first-order chi connectivity index (χ1) is 8.49. The van der Waals surface area contributed by atoms with Crippen LogP contribution in [-0.4, -0.2) is 17.8 Å². The van der Waals surface area contributed by atoms with E-state index in [4.69, 9.17) is 0 Å². The van der Waals surface area contributed by atoms with Crippen molar-refractivity contribution < 1.29 is 13.6 Å². The molecule has 1 fully saturated rings. The van der Waals surface area contributed by atoms with Crippen molar-refractivity contribution in [3.63, 3.8) is 0 Å². The maximum atomic E-state index is 13.7. The van der Waals surface area contributed by atoms with Crippen molar-refractivity contribution >= 4 is 21.8 Å². The lowest BCUT2D eigenvalue weighted by Gasteiger charge is -2.13. The predicted molar refractivity (Wildman–Crippen MR) is 68.9 cm³/mol. The number of carbonyl (C=O) groups is 1. The Morgan fingerprint density at radius 1 is 1.44 bits per heavy atom. The van der Waals surface area contributed by atoms with Crippen LogP contribution in [-0.2, 0) is 0 Å². The van der Waals surface area contributed by atoms with Crippen LogP contribution in [0.1, 0.15) is 28.8 Å². The molecule has 1 aromatic carbocycles.